The fraction of sp³-hybridized carbons (Fsp3) is 0.133. The molecule has 0 saturated heterocycles. The summed E-state index contributed by atoms with van der Waals surface area (Å²) in [5, 5.41) is 3.04. The van der Waals surface area contributed by atoms with Gasteiger partial charge < -0.3 is 5.32 Å². The Bertz CT molecular complexity index is 563. The molecule has 0 unspecified atom stereocenters. The first kappa shape index (κ1) is 11.4. The van der Waals surface area contributed by atoms with Crippen LogP contribution in [0.1, 0.15) is 24.1 Å². The number of nitrogens with one attached hydrogen (secondary N) is 1. The minimum absolute atomic E-state index is 0.00324. The van der Waals surface area contributed by atoms with E-state index < -0.39 is 0 Å². The number of amides is 1. The zero-order valence-corrected chi connectivity index (χ0v) is 10.8. The van der Waals surface area contributed by atoms with Crippen LogP contribution < -0.4 is 5.32 Å². The maximum atomic E-state index is 11.4. The van der Waals surface area contributed by atoms with Gasteiger partial charge in [0.05, 0.1) is 6.04 Å². The highest BCUT2D eigenvalue weighted by atomic mass is 32.2. The van der Waals surface area contributed by atoms with Crippen LogP contribution in [-0.2, 0) is 4.79 Å². The van der Waals surface area contributed by atoms with Gasteiger partial charge in [0.1, 0.15) is 0 Å². The second-order valence-electron chi connectivity index (χ2n) is 4.31. The van der Waals surface area contributed by atoms with E-state index in [4.69, 9.17) is 0 Å². The van der Waals surface area contributed by atoms with Crippen LogP contribution in [0.2, 0.25) is 0 Å². The summed E-state index contributed by atoms with van der Waals surface area (Å²) in [6, 6.07) is 16.4. The summed E-state index contributed by atoms with van der Waals surface area (Å²) < 4.78 is 0. The van der Waals surface area contributed by atoms with E-state index in [9.17, 15) is 4.79 Å². The average Bonchev–Trinajstić information content (AvgIpc) is 2.38. The van der Waals surface area contributed by atoms with Gasteiger partial charge in [0, 0.05) is 16.7 Å². The maximum absolute atomic E-state index is 11.4. The van der Waals surface area contributed by atoms with E-state index in [-0.39, 0.29) is 11.9 Å². The molecule has 0 aromatic heterocycles. The quantitative estimate of drug-likeness (QED) is 0.846. The van der Waals surface area contributed by atoms with Crippen LogP contribution in [-0.4, -0.2) is 5.91 Å². The first-order valence-corrected chi connectivity index (χ1v) is 6.70. The molecule has 3 heteroatoms. The van der Waals surface area contributed by atoms with Crippen molar-refractivity contribution in [3.63, 3.8) is 0 Å². The summed E-state index contributed by atoms with van der Waals surface area (Å²) in [6.45, 7) is 1.56. The maximum Gasteiger partial charge on any atom is 0.217 e. The number of benzene rings is 2. The summed E-state index contributed by atoms with van der Waals surface area (Å²) in [5.41, 5.74) is 2.35. The van der Waals surface area contributed by atoms with Crippen LogP contribution in [0.5, 0.6) is 0 Å². The van der Waals surface area contributed by atoms with E-state index in [0.717, 1.165) is 0 Å². The lowest BCUT2D eigenvalue weighted by atomic mass is 9.98. The third-order valence-corrected chi connectivity index (χ3v) is 4.21. The van der Waals surface area contributed by atoms with Gasteiger partial charge in [0.2, 0.25) is 5.91 Å². The van der Waals surface area contributed by atoms with Crippen molar-refractivity contribution in [3.8, 4) is 0 Å². The minimum atomic E-state index is -0.0313. The smallest absolute Gasteiger partial charge is 0.217 e. The Hall–Kier alpha value is -1.74. The lowest BCUT2D eigenvalue weighted by Gasteiger charge is -2.28. The molecule has 1 N–H and O–H groups in total. The number of fused-ring (bicyclic) bond motifs is 2. The zero-order chi connectivity index (χ0) is 12.5. The van der Waals surface area contributed by atoms with Gasteiger partial charge in [-0.2, -0.15) is 0 Å². The van der Waals surface area contributed by atoms with E-state index in [1.807, 2.05) is 24.3 Å². The van der Waals surface area contributed by atoms with Crippen molar-refractivity contribution in [2.45, 2.75) is 22.8 Å². The van der Waals surface area contributed by atoms with Gasteiger partial charge in [0.25, 0.3) is 0 Å². The Labute approximate surface area is 110 Å². The van der Waals surface area contributed by atoms with Crippen LogP contribution in [0.25, 0.3) is 0 Å². The molecule has 0 spiro atoms. The molecule has 2 aromatic carbocycles. The molecule has 1 amide bonds. The normalized spacial score (nSPS) is 13.6. The molecule has 0 saturated carbocycles. The summed E-state index contributed by atoms with van der Waals surface area (Å²) in [5.74, 6) is -0.00324. The van der Waals surface area contributed by atoms with Gasteiger partial charge in [-0.3, -0.25) is 4.79 Å². The fourth-order valence-electron chi connectivity index (χ4n) is 2.27. The van der Waals surface area contributed by atoms with Gasteiger partial charge in [-0.1, -0.05) is 48.2 Å². The van der Waals surface area contributed by atoms with E-state index >= 15 is 0 Å². The third-order valence-electron chi connectivity index (χ3n) is 3.03. The van der Waals surface area contributed by atoms with Crippen LogP contribution in [0.3, 0.4) is 0 Å². The molecule has 3 rings (SSSR count). The molecule has 18 heavy (non-hydrogen) atoms. The van der Waals surface area contributed by atoms with Gasteiger partial charge >= 0.3 is 0 Å². The van der Waals surface area contributed by atoms with E-state index in [1.54, 1.807) is 18.7 Å². The molecule has 2 nitrogen and oxygen atoms in total. The molecule has 0 atom stereocenters. The fourth-order valence-corrected chi connectivity index (χ4v) is 3.41. The second-order valence-corrected chi connectivity index (χ2v) is 5.40. The first-order chi connectivity index (χ1) is 8.75. The van der Waals surface area contributed by atoms with Gasteiger partial charge in [0.15, 0.2) is 0 Å². The van der Waals surface area contributed by atoms with Crippen LogP contribution in [0, 0.1) is 0 Å². The van der Waals surface area contributed by atoms with Crippen molar-refractivity contribution < 1.29 is 4.79 Å². The van der Waals surface area contributed by atoms with Crippen molar-refractivity contribution >= 4 is 17.7 Å². The molecule has 1 aliphatic rings. The highest BCUT2D eigenvalue weighted by molar-refractivity contribution is 7.99. The van der Waals surface area contributed by atoms with Crippen molar-refractivity contribution in [2.24, 2.45) is 0 Å². The number of hydrogen-bond acceptors (Lipinski definition) is 2. The molecule has 1 heterocycles. The molecular weight excluding hydrogens is 242 g/mol. The Balaban J connectivity index is 2.14. The van der Waals surface area contributed by atoms with E-state index in [0.29, 0.717) is 0 Å². The molecule has 1 aliphatic heterocycles. The molecule has 0 bridgehead atoms. The van der Waals surface area contributed by atoms with Crippen molar-refractivity contribution in [3.05, 3.63) is 59.7 Å². The summed E-state index contributed by atoms with van der Waals surface area (Å²) in [4.78, 5) is 13.8. The molecule has 0 aliphatic carbocycles. The SMILES string of the molecule is CC(=O)NC1c2ccccc2Sc2ccccc21. The Morgan fingerprint density at radius 3 is 2.00 bits per heavy atom. The van der Waals surface area contributed by atoms with Gasteiger partial charge in [-0.05, 0) is 23.3 Å². The number of carbonyl (C=O) groups is 1. The Morgan fingerprint density at radius 1 is 1.00 bits per heavy atom. The monoisotopic (exact) mass is 255 g/mol. The number of carbonyl (C=O) groups excluding carboxylic acids is 1. The van der Waals surface area contributed by atoms with Gasteiger partial charge in [-0.25, -0.2) is 0 Å². The standard InChI is InChI=1S/C15H13NOS/c1-10(17)16-15-11-6-2-4-8-13(11)18-14-9-5-3-7-12(14)15/h2-9,15H,1H3,(H,16,17). The van der Waals surface area contributed by atoms with Crippen LogP contribution in [0.15, 0.2) is 58.3 Å². The first-order valence-electron chi connectivity index (χ1n) is 5.88. The molecule has 0 radical (unpaired) electrons. The minimum Gasteiger partial charge on any atom is -0.345 e. The number of hydrogen-bond donors (Lipinski definition) is 1. The van der Waals surface area contributed by atoms with Crippen molar-refractivity contribution in [1.29, 1.82) is 0 Å². The predicted molar refractivity (Wildman–Crippen MR) is 72.7 cm³/mol. The largest absolute Gasteiger partial charge is 0.345 e. The summed E-state index contributed by atoms with van der Waals surface area (Å²) in [6.07, 6.45) is 0. The molecule has 0 fully saturated rings. The topological polar surface area (TPSA) is 29.1 Å². The Kier molecular flexibility index (Phi) is 2.84. The highest BCUT2D eigenvalue weighted by Crippen LogP contribution is 2.44. The number of rotatable bonds is 1. The zero-order valence-electron chi connectivity index (χ0n) is 10.0. The molecular formula is C15H13NOS. The van der Waals surface area contributed by atoms with E-state index in [2.05, 4.69) is 29.6 Å². The van der Waals surface area contributed by atoms with Gasteiger partial charge in [-0.15, -0.1) is 0 Å². The Morgan fingerprint density at radius 2 is 1.50 bits per heavy atom. The summed E-state index contributed by atoms with van der Waals surface area (Å²) in [7, 11) is 0. The lowest BCUT2D eigenvalue weighted by Crippen LogP contribution is -2.28. The van der Waals surface area contributed by atoms with Crippen molar-refractivity contribution in [2.75, 3.05) is 0 Å². The predicted octanol–water partition coefficient (Wildman–Crippen LogP) is 3.38. The summed E-state index contributed by atoms with van der Waals surface area (Å²) >= 11 is 1.76. The third kappa shape index (κ3) is 1.91. The average molecular weight is 255 g/mol. The van der Waals surface area contributed by atoms with Crippen LogP contribution in [0.4, 0.5) is 0 Å². The second kappa shape index (κ2) is 4.50. The van der Waals surface area contributed by atoms with E-state index in [1.165, 1.54) is 20.9 Å². The van der Waals surface area contributed by atoms with Crippen LogP contribution >= 0.6 is 11.8 Å². The van der Waals surface area contributed by atoms with Crippen molar-refractivity contribution in [1.82, 2.24) is 5.32 Å². The molecule has 90 valence electrons. The lowest BCUT2D eigenvalue weighted by molar-refractivity contribution is -0.119. The highest BCUT2D eigenvalue weighted by Gasteiger charge is 2.25. The molecule has 2 aromatic rings.